The lowest BCUT2D eigenvalue weighted by Gasteiger charge is -2.34. The fourth-order valence-electron chi connectivity index (χ4n) is 3.81. The zero-order chi connectivity index (χ0) is 12.4. The molecule has 0 bridgehead atoms. The third-order valence-electron chi connectivity index (χ3n) is 4.83. The number of nitrogens with one attached hydrogen (secondary N) is 2. The van der Waals surface area contributed by atoms with Crippen molar-refractivity contribution in [1.82, 2.24) is 15.5 Å². The number of hydrogen-bond donors (Lipinski definition) is 2. The first-order valence-corrected chi connectivity index (χ1v) is 7.56. The van der Waals surface area contributed by atoms with Gasteiger partial charge in [-0.15, -0.1) is 0 Å². The van der Waals surface area contributed by atoms with Crippen LogP contribution in [0.2, 0.25) is 0 Å². The first-order chi connectivity index (χ1) is 8.81. The SMILES string of the molecule is O=C(CN1CCC2NCCC2C1)NC1CCCC1. The van der Waals surface area contributed by atoms with E-state index >= 15 is 0 Å². The lowest BCUT2D eigenvalue weighted by molar-refractivity contribution is -0.123. The maximum Gasteiger partial charge on any atom is 0.234 e. The van der Waals surface area contributed by atoms with Crippen molar-refractivity contribution < 1.29 is 4.79 Å². The number of piperidine rings is 1. The van der Waals surface area contributed by atoms with Crippen molar-refractivity contribution in [2.24, 2.45) is 5.92 Å². The maximum absolute atomic E-state index is 12.0. The van der Waals surface area contributed by atoms with Gasteiger partial charge in [0.1, 0.15) is 0 Å². The van der Waals surface area contributed by atoms with Crippen LogP contribution in [0.25, 0.3) is 0 Å². The van der Waals surface area contributed by atoms with Crippen LogP contribution in [0.15, 0.2) is 0 Å². The second-order valence-electron chi connectivity index (χ2n) is 6.18. The van der Waals surface area contributed by atoms with E-state index in [1.165, 1.54) is 38.5 Å². The minimum absolute atomic E-state index is 0.242. The van der Waals surface area contributed by atoms with E-state index in [9.17, 15) is 4.79 Å². The number of likely N-dealkylation sites (tertiary alicyclic amines) is 1. The number of hydrogen-bond acceptors (Lipinski definition) is 3. The van der Waals surface area contributed by atoms with Crippen molar-refractivity contribution in [3.8, 4) is 0 Å². The fourth-order valence-corrected chi connectivity index (χ4v) is 3.81. The van der Waals surface area contributed by atoms with Gasteiger partial charge < -0.3 is 10.6 Å². The molecule has 3 aliphatic rings. The van der Waals surface area contributed by atoms with Crippen molar-refractivity contribution in [3.05, 3.63) is 0 Å². The van der Waals surface area contributed by atoms with Gasteiger partial charge in [0.2, 0.25) is 5.91 Å². The Hall–Kier alpha value is -0.610. The molecule has 0 aromatic rings. The van der Waals surface area contributed by atoms with Gasteiger partial charge in [-0.2, -0.15) is 0 Å². The van der Waals surface area contributed by atoms with Gasteiger partial charge in [-0.3, -0.25) is 9.69 Å². The minimum Gasteiger partial charge on any atom is -0.352 e. The van der Waals surface area contributed by atoms with Crippen molar-refractivity contribution in [2.45, 2.75) is 50.6 Å². The lowest BCUT2D eigenvalue weighted by Crippen LogP contribution is -2.48. The Kier molecular flexibility index (Phi) is 3.85. The molecule has 2 saturated heterocycles. The molecule has 0 spiro atoms. The maximum atomic E-state index is 12.0. The molecule has 0 aromatic heterocycles. The monoisotopic (exact) mass is 251 g/mol. The van der Waals surface area contributed by atoms with Crippen molar-refractivity contribution >= 4 is 5.91 Å². The number of fused-ring (bicyclic) bond motifs is 1. The summed E-state index contributed by atoms with van der Waals surface area (Å²) in [6.45, 7) is 3.96. The van der Waals surface area contributed by atoms with Crippen LogP contribution in [0, 0.1) is 5.92 Å². The second-order valence-corrected chi connectivity index (χ2v) is 6.18. The summed E-state index contributed by atoms with van der Waals surface area (Å²) < 4.78 is 0. The van der Waals surface area contributed by atoms with Crippen LogP contribution in [-0.2, 0) is 4.79 Å². The summed E-state index contributed by atoms with van der Waals surface area (Å²) in [6, 6.07) is 1.18. The first kappa shape index (κ1) is 12.4. The number of amides is 1. The molecule has 2 aliphatic heterocycles. The van der Waals surface area contributed by atoms with Crippen LogP contribution < -0.4 is 10.6 Å². The van der Waals surface area contributed by atoms with Gasteiger partial charge in [-0.1, -0.05) is 12.8 Å². The van der Waals surface area contributed by atoms with E-state index < -0.39 is 0 Å². The van der Waals surface area contributed by atoms with Gasteiger partial charge in [0, 0.05) is 25.2 Å². The molecular weight excluding hydrogens is 226 g/mol. The van der Waals surface area contributed by atoms with Crippen LogP contribution in [0.3, 0.4) is 0 Å². The molecule has 2 heterocycles. The topological polar surface area (TPSA) is 44.4 Å². The largest absolute Gasteiger partial charge is 0.352 e. The highest BCUT2D eigenvalue weighted by atomic mass is 16.2. The van der Waals surface area contributed by atoms with Gasteiger partial charge in [0.15, 0.2) is 0 Å². The molecular formula is C14H25N3O. The summed E-state index contributed by atoms with van der Waals surface area (Å²) in [4.78, 5) is 14.3. The zero-order valence-electron chi connectivity index (χ0n) is 11.2. The van der Waals surface area contributed by atoms with Crippen molar-refractivity contribution in [2.75, 3.05) is 26.2 Å². The Balaban J connectivity index is 1.43. The summed E-state index contributed by atoms with van der Waals surface area (Å²) >= 11 is 0. The normalized spacial score (nSPS) is 33.6. The Morgan fingerprint density at radius 2 is 2.06 bits per heavy atom. The van der Waals surface area contributed by atoms with E-state index in [-0.39, 0.29) is 5.91 Å². The molecule has 4 heteroatoms. The van der Waals surface area contributed by atoms with Crippen LogP contribution in [-0.4, -0.2) is 49.1 Å². The van der Waals surface area contributed by atoms with Crippen LogP contribution in [0.5, 0.6) is 0 Å². The first-order valence-electron chi connectivity index (χ1n) is 7.56. The van der Waals surface area contributed by atoms with E-state index in [0.717, 1.165) is 31.6 Å². The van der Waals surface area contributed by atoms with Crippen molar-refractivity contribution in [3.63, 3.8) is 0 Å². The third kappa shape index (κ3) is 2.86. The second kappa shape index (κ2) is 5.57. The molecule has 4 nitrogen and oxygen atoms in total. The molecule has 0 aromatic carbocycles. The van der Waals surface area contributed by atoms with Gasteiger partial charge in [0.25, 0.3) is 0 Å². The zero-order valence-corrected chi connectivity index (χ0v) is 11.2. The highest BCUT2D eigenvalue weighted by Gasteiger charge is 2.33. The quantitative estimate of drug-likeness (QED) is 0.777. The number of rotatable bonds is 3. The summed E-state index contributed by atoms with van der Waals surface area (Å²) in [7, 11) is 0. The molecule has 18 heavy (non-hydrogen) atoms. The van der Waals surface area contributed by atoms with Gasteiger partial charge >= 0.3 is 0 Å². The molecule has 3 rings (SSSR count). The number of carbonyl (C=O) groups excluding carboxylic acids is 1. The molecule has 3 fully saturated rings. The molecule has 102 valence electrons. The summed E-state index contributed by atoms with van der Waals surface area (Å²) in [5.74, 6) is 1.02. The highest BCUT2D eigenvalue weighted by molar-refractivity contribution is 5.78. The average molecular weight is 251 g/mol. The van der Waals surface area contributed by atoms with E-state index in [2.05, 4.69) is 15.5 Å². The summed E-state index contributed by atoms with van der Waals surface area (Å²) in [6.07, 6.45) is 7.42. The minimum atomic E-state index is 0.242. The smallest absolute Gasteiger partial charge is 0.234 e. The van der Waals surface area contributed by atoms with Gasteiger partial charge in [-0.25, -0.2) is 0 Å². The highest BCUT2D eigenvalue weighted by Crippen LogP contribution is 2.24. The fraction of sp³-hybridized carbons (Fsp3) is 0.929. The molecule has 0 radical (unpaired) electrons. The Labute approximate surface area is 109 Å². The Bertz CT molecular complexity index is 301. The van der Waals surface area contributed by atoms with E-state index in [0.29, 0.717) is 12.6 Å². The molecule has 1 amide bonds. The number of carbonyl (C=O) groups is 1. The standard InChI is InChI=1S/C14H25N3O/c18-14(16-12-3-1-2-4-12)10-17-8-6-13-11(9-17)5-7-15-13/h11-13,15H,1-10H2,(H,16,18). The molecule has 2 atom stereocenters. The van der Waals surface area contributed by atoms with E-state index in [1.54, 1.807) is 0 Å². The van der Waals surface area contributed by atoms with Crippen molar-refractivity contribution in [1.29, 1.82) is 0 Å². The third-order valence-corrected chi connectivity index (χ3v) is 4.83. The Morgan fingerprint density at radius 1 is 1.22 bits per heavy atom. The molecule has 2 N–H and O–H groups in total. The molecule has 2 unspecified atom stereocenters. The molecule has 1 saturated carbocycles. The predicted molar refractivity (Wildman–Crippen MR) is 71.4 cm³/mol. The molecule has 1 aliphatic carbocycles. The average Bonchev–Trinajstić information content (AvgIpc) is 2.98. The lowest BCUT2D eigenvalue weighted by atomic mass is 9.93. The summed E-state index contributed by atoms with van der Waals surface area (Å²) in [5.41, 5.74) is 0. The predicted octanol–water partition coefficient (Wildman–Crippen LogP) is 0.729. The van der Waals surface area contributed by atoms with Crippen LogP contribution in [0.4, 0.5) is 0 Å². The number of nitrogens with zero attached hydrogens (tertiary/aromatic N) is 1. The Morgan fingerprint density at radius 3 is 2.89 bits per heavy atom. The van der Waals surface area contributed by atoms with Crippen LogP contribution >= 0.6 is 0 Å². The van der Waals surface area contributed by atoms with Crippen LogP contribution in [0.1, 0.15) is 38.5 Å². The van der Waals surface area contributed by atoms with E-state index in [1.807, 2.05) is 0 Å². The van der Waals surface area contributed by atoms with Gasteiger partial charge in [-0.05, 0) is 38.1 Å². The van der Waals surface area contributed by atoms with E-state index in [4.69, 9.17) is 0 Å². The van der Waals surface area contributed by atoms with Gasteiger partial charge in [0.05, 0.1) is 6.54 Å². The summed E-state index contributed by atoms with van der Waals surface area (Å²) in [5, 5.41) is 6.75.